The molecule has 3 aliphatic rings. The van der Waals surface area contributed by atoms with Gasteiger partial charge in [-0.3, -0.25) is 14.5 Å². The van der Waals surface area contributed by atoms with E-state index in [9.17, 15) is 14.4 Å². The zero-order chi connectivity index (χ0) is 18.1. The molecule has 1 aromatic rings. The molecule has 4 amide bonds. The molecule has 1 aliphatic carbocycles. The van der Waals surface area contributed by atoms with E-state index in [4.69, 9.17) is 4.74 Å². The molecule has 26 heavy (non-hydrogen) atoms. The molecule has 1 unspecified atom stereocenters. The monoisotopic (exact) mass is 357 g/mol. The van der Waals surface area contributed by atoms with Crippen molar-refractivity contribution in [3.63, 3.8) is 0 Å². The topological polar surface area (TPSA) is 87.7 Å². The van der Waals surface area contributed by atoms with Crippen LogP contribution in [0.25, 0.3) is 0 Å². The number of rotatable bonds is 5. The molecular formula is C19H23N3O4. The Kier molecular flexibility index (Phi) is 4.30. The lowest BCUT2D eigenvalue weighted by molar-refractivity contribution is -0.131. The summed E-state index contributed by atoms with van der Waals surface area (Å²) in [4.78, 5) is 38.2. The average Bonchev–Trinajstić information content (AvgIpc) is 3.32. The van der Waals surface area contributed by atoms with Crippen LogP contribution >= 0.6 is 0 Å². The number of para-hydroxylation sites is 1. The van der Waals surface area contributed by atoms with Gasteiger partial charge in [-0.2, -0.15) is 0 Å². The van der Waals surface area contributed by atoms with Gasteiger partial charge in [0.25, 0.3) is 11.8 Å². The van der Waals surface area contributed by atoms with Crippen molar-refractivity contribution < 1.29 is 19.1 Å². The SMILES string of the molecule is O=C(NCCCN1C(=O)NC2(CCCC2)C1=O)C1Cc2ccccc2O1. The van der Waals surface area contributed by atoms with E-state index in [2.05, 4.69) is 10.6 Å². The van der Waals surface area contributed by atoms with Gasteiger partial charge in [0.1, 0.15) is 11.3 Å². The van der Waals surface area contributed by atoms with Crippen molar-refractivity contribution in [2.24, 2.45) is 0 Å². The minimum Gasteiger partial charge on any atom is -0.480 e. The van der Waals surface area contributed by atoms with Crippen LogP contribution in [-0.2, 0) is 16.0 Å². The summed E-state index contributed by atoms with van der Waals surface area (Å²) in [5.41, 5.74) is 0.373. The second-order valence-electron chi connectivity index (χ2n) is 7.24. The van der Waals surface area contributed by atoms with Crippen LogP contribution in [-0.4, -0.2) is 47.5 Å². The first-order valence-corrected chi connectivity index (χ1v) is 9.25. The fourth-order valence-corrected chi connectivity index (χ4v) is 4.09. The van der Waals surface area contributed by atoms with Crippen molar-refractivity contribution in [3.8, 4) is 5.75 Å². The number of carbonyl (C=O) groups excluding carboxylic acids is 3. The Bertz CT molecular complexity index is 717. The second kappa shape index (κ2) is 6.63. The summed E-state index contributed by atoms with van der Waals surface area (Å²) >= 11 is 0. The third kappa shape index (κ3) is 2.91. The number of ether oxygens (including phenoxy) is 1. The summed E-state index contributed by atoms with van der Waals surface area (Å²) in [7, 11) is 0. The second-order valence-corrected chi connectivity index (χ2v) is 7.24. The number of amides is 4. The van der Waals surface area contributed by atoms with Gasteiger partial charge in [-0.15, -0.1) is 0 Å². The van der Waals surface area contributed by atoms with E-state index in [1.54, 1.807) is 0 Å². The first kappa shape index (κ1) is 16.9. The van der Waals surface area contributed by atoms with Gasteiger partial charge in [0, 0.05) is 19.5 Å². The molecule has 4 rings (SSSR count). The quantitative estimate of drug-likeness (QED) is 0.615. The lowest BCUT2D eigenvalue weighted by Gasteiger charge is -2.20. The van der Waals surface area contributed by atoms with E-state index < -0.39 is 11.6 Å². The molecule has 7 nitrogen and oxygen atoms in total. The Labute approximate surface area is 152 Å². The Hall–Kier alpha value is -2.57. The maximum absolute atomic E-state index is 12.5. The normalized spacial score (nSPS) is 23.1. The highest BCUT2D eigenvalue weighted by atomic mass is 16.5. The number of hydrogen-bond donors (Lipinski definition) is 2. The maximum atomic E-state index is 12.5. The van der Waals surface area contributed by atoms with Gasteiger partial charge in [-0.25, -0.2) is 4.79 Å². The summed E-state index contributed by atoms with van der Waals surface area (Å²) < 4.78 is 5.66. The summed E-state index contributed by atoms with van der Waals surface area (Å²) in [5, 5.41) is 5.70. The van der Waals surface area contributed by atoms with E-state index in [0.717, 1.165) is 37.0 Å². The van der Waals surface area contributed by atoms with Crippen LogP contribution in [0.4, 0.5) is 4.79 Å². The first-order valence-electron chi connectivity index (χ1n) is 9.25. The maximum Gasteiger partial charge on any atom is 0.325 e. The van der Waals surface area contributed by atoms with Crippen LogP contribution < -0.4 is 15.4 Å². The number of carbonyl (C=O) groups is 3. The van der Waals surface area contributed by atoms with Gasteiger partial charge in [0.15, 0.2) is 6.10 Å². The van der Waals surface area contributed by atoms with Crippen molar-refractivity contribution in [1.29, 1.82) is 0 Å². The van der Waals surface area contributed by atoms with Gasteiger partial charge in [0.2, 0.25) is 0 Å². The smallest absolute Gasteiger partial charge is 0.325 e. The van der Waals surface area contributed by atoms with Gasteiger partial charge in [0.05, 0.1) is 0 Å². The fraction of sp³-hybridized carbons (Fsp3) is 0.526. The van der Waals surface area contributed by atoms with Gasteiger partial charge >= 0.3 is 6.03 Å². The van der Waals surface area contributed by atoms with Crippen molar-refractivity contribution in [2.75, 3.05) is 13.1 Å². The molecule has 0 radical (unpaired) electrons. The van der Waals surface area contributed by atoms with Crippen molar-refractivity contribution in [1.82, 2.24) is 15.5 Å². The van der Waals surface area contributed by atoms with Crippen LogP contribution in [0, 0.1) is 0 Å². The van der Waals surface area contributed by atoms with Gasteiger partial charge in [-0.05, 0) is 30.9 Å². The minimum atomic E-state index is -0.663. The van der Waals surface area contributed by atoms with E-state index in [1.165, 1.54) is 4.90 Å². The van der Waals surface area contributed by atoms with Crippen LogP contribution in [0.5, 0.6) is 5.75 Å². The molecule has 1 saturated carbocycles. The zero-order valence-corrected chi connectivity index (χ0v) is 14.6. The lowest BCUT2D eigenvalue weighted by Crippen LogP contribution is -2.44. The Morgan fingerprint density at radius 3 is 2.81 bits per heavy atom. The van der Waals surface area contributed by atoms with Gasteiger partial charge < -0.3 is 15.4 Å². The molecule has 7 heteroatoms. The lowest BCUT2D eigenvalue weighted by atomic mass is 9.98. The molecule has 2 heterocycles. The Balaban J connectivity index is 1.23. The predicted octanol–water partition coefficient (Wildman–Crippen LogP) is 1.36. The molecule has 2 aliphatic heterocycles. The third-order valence-corrected chi connectivity index (χ3v) is 5.50. The van der Waals surface area contributed by atoms with Gasteiger partial charge in [-0.1, -0.05) is 31.0 Å². The molecule has 0 bridgehead atoms. The number of nitrogens with one attached hydrogen (secondary N) is 2. The molecule has 1 saturated heterocycles. The molecule has 0 aromatic heterocycles. The molecule has 2 N–H and O–H groups in total. The predicted molar refractivity (Wildman–Crippen MR) is 93.6 cm³/mol. The van der Waals surface area contributed by atoms with E-state index in [1.807, 2.05) is 24.3 Å². The number of benzene rings is 1. The molecule has 138 valence electrons. The van der Waals surface area contributed by atoms with Crippen molar-refractivity contribution in [2.45, 2.75) is 50.2 Å². The van der Waals surface area contributed by atoms with Crippen molar-refractivity contribution in [3.05, 3.63) is 29.8 Å². The minimum absolute atomic E-state index is 0.110. The van der Waals surface area contributed by atoms with E-state index in [0.29, 0.717) is 25.9 Å². The van der Waals surface area contributed by atoms with Crippen LogP contribution in [0.3, 0.4) is 0 Å². The van der Waals surface area contributed by atoms with Crippen LogP contribution in [0.15, 0.2) is 24.3 Å². The molecule has 1 spiro atoms. The fourth-order valence-electron chi connectivity index (χ4n) is 4.09. The Morgan fingerprint density at radius 2 is 2.04 bits per heavy atom. The number of hydrogen-bond acceptors (Lipinski definition) is 4. The number of fused-ring (bicyclic) bond motifs is 1. The van der Waals surface area contributed by atoms with E-state index >= 15 is 0 Å². The zero-order valence-electron chi connectivity index (χ0n) is 14.6. The molecule has 1 aromatic carbocycles. The summed E-state index contributed by atoms with van der Waals surface area (Å²) in [5.74, 6) is 0.486. The highest BCUT2D eigenvalue weighted by Crippen LogP contribution is 2.35. The molecule has 2 fully saturated rings. The summed E-state index contributed by atoms with van der Waals surface area (Å²) in [6.45, 7) is 0.720. The molecule has 1 atom stereocenters. The highest BCUT2D eigenvalue weighted by Gasteiger charge is 2.52. The van der Waals surface area contributed by atoms with Crippen LogP contribution in [0.2, 0.25) is 0 Å². The summed E-state index contributed by atoms with van der Waals surface area (Å²) in [6, 6.07) is 7.32. The van der Waals surface area contributed by atoms with Crippen molar-refractivity contribution >= 4 is 17.8 Å². The largest absolute Gasteiger partial charge is 0.480 e. The average molecular weight is 357 g/mol. The van der Waals surface area contributed by atoms with Crippen LogP contribution in [0.1, 0.15) is 37.7 Å². The van der Waals surface area contributed by atoms with E-state index in [-0.39, 0.29) is 17.8 Å². The first-order chi connectivity index (χ1) is 12.6. The summed E-state index contributed by atoms with van der Waals surface area (Å²) in [6.07, 6.45) is 3.98. The number of imide groups is 1. The third-order valence-electron chi connectivity index (χ3n) is 5.50. The Morgan fingerprint density at radius 1 is 1.27 bits per heavy atom. The molecular weight excluding hydrogens is 334 g/mol. The number of urea groups is 1. The number of nitrogens with zero attached hydrogens (tertiary/aromatic N) is 1. The standard InChI is InChI=1S/C19H23N3O4/c23-16(15-12-13-6-1-2-7-14(13)26-15)20-10-5-11-22-17(24)19(21-18(22)25)8-3-4-9-19/h1-2,6-7,15H,3-5,8-12H2,(H,20,23)(H,21,25). The highest BCUT2D eigenvalue weighted by molar-refractivity contribution is 6.07.